The molecule has 3 aromatic carbocycles. The number of hydrogen-bond acceptors (Lipinski definition) is 6. The molecule has 1 heterocycles. The van der Waals surface area contributed by atoms with Crippen LogP contribution in [0.4, 0.5) is 4.39 Å². The van der Waals surface area contributed by atoms with Gasteiger partial charge in [-0.15, -0.1) is 10.9 Å². The molecule has 4 rings (SSSR count). The molecule has 0 aliphatic heterocycles. The first-order valence-electron chi connectivity index (χ1n) is 13.5. The van der Waals surface area contributed by atoms with Crippen LogP contribution in [0, 0.1) is 18.2 Å². The number of terminal acetylenes is 1. The highest BCUT2D eigenvalue weighted by atomic mass is 31.1. The van der Waals surface area contributed by atoms with Gasteiger partial charge in [-0.2, -0.15) is 0 Å². The summed E-state index contributed by atoms with van der Waals surface area (Å²) in [4.78, 5) is 18.1. The number of carbonyl (C=O) groups is 1. The lowest BCUT2D eigenvalue weighted by Gasteiger charge is -2.20. The van der Waals surface area contributed by atoms with Crippen molar-refractivity contribution in [2.24, 2.45) is 0 Å². The van der Waals surface area contributed by atoms with Gasteiger partial charge in [-0.1, -0.05) is 80.6 Å². The van der Waals surface area contributed by atoms with Crippen LogP contribution in [0.2, 0.25) is 0 Å². The number of hydrogen-bond donors (Lipinski definition) is 1. The lowest BCUT2D eigenvalue weighted by molar-refractivity contribution is -0.136. The Hall–Kier alpha value is -4.21. The molecular weight excluding hydrogens is 552 g/mol. The van der Waals surface area contributed by atoms with E-state index in [-0.39, 0.29) is 11.7 Å². The zero-order chi connectivity index (χ0) is 30.2. The molecule has 0 saturated carbocycles. The van der Waals surface area contributed by atoms with Crippen LogP contribution < -0.4 is 4.74 Å². The van der Waals surface area contributed by atoms with E-state index in [0.29, 0.717) is 28.9 Å². The third-order valence-electron chi connectivity index (χ3n) is 6.77. The lowest BCUT2D eigenvalue weighted by Crippen LogP contribution is -2.27. The summed E-state index contributed by atoms with van der Waals surface area (Å²) >= 11 is 0. The molecule has 42 heavy (non-hydrogen) atoms. The van der Waals surface area contributed by atoms with Crippen molar-refractivity contribution in [2.45, 2.75) is 44.4 Å². The molecule has 0 spiro atoms. The maximum absolute atomic E-state index is 13.9. The standard InChI is InChI=1S/C34H32FNO5P/c1-5-31(42(39)40-4)30(37)21-32(38)41-34-28(24-15-17-26(35)18-16-24)20-29(36-33(34)22(2)3)27-14-10-9-13-25(27)19-23-11-7-6-8-12-23/h1,6-18,20,22,30-31,37H,19,21H2,2-4H3/q+1. The highest BCUT2D eigenvalue weighted by Gasteiger charge is 2.38. The van der Waals surface area contributed by atoms with E-state index in [1.54, 1.807) is 12.1 Å². The molecule has 0 aliphatic carbocycles. The highest BCUT2D eigenvalue weighted by molar-refractivity contribution is 7.40. The number of pyridine rings is 1. The van der Waals surface area contributed by atoms with E-state index in [9.17, 15) is 18.9 Å². The van der Waals surface area contributed by atoms with Gasteiger partial charge in [0.1, 0.15) is 11.9 Å². The molecule has 0 aliphatic rings. The second-order valence-corrected chi connectivity index (χ2v) is 11.6. The van der Waals surface area contributed by atoms with E-state index in [1.165, 1.54) is 19.2 Å². The lowest BCUT2D eigenvalue weighted by atomic mass is 9.94. The number of ether oxygens (including phenoxy) is 1. The molecule has 214 valence electrons. The number of nitrogens with zero attached hydrogens (tertiary/aromatic N) is 1. The monoisotopic (exact) mass is 584 g/mol. The Labute approximate surface area is 246 Å². The fourth-order valence-electron chi connectivity index (χ4n) is 4.64. The van der Waals surface area contributed by atoms with Crippen LogP contribution in [0.15, 0.2) is 84.9 Å². The van der Waals surface area contributed by atoms with Gasteiger partial charge in [-0.05, 0) is 57.7 Å². The maximum Gasteiger partial charge on any atom is 0.526 e. The summed E-state index contributed by atoms with van der Waals surface area (Å²) in [5.74, 6) is 1.07. The molecule has 0 fully saturated rings. The zero-order valence-electron chi connectivity index (χ0n) is 23.7. The van der Waals surface area contributed by atoms with Crippen LogP contribution in [0.5, 0.6) is 5.75 Å². The largest absolute Gasteiger partial charge is 0.526 e. The minimum Gasteiger partial charge on any atom is -0.424 e. The van der Waals surface area contributed by atoms with Gasteiger partial charge in [0.05, 0.1) is 24.9 Å². The summed E-state index contributed by atoms with van der Waals surface area (Å²) in [5, 5.41) is 10.5. The van der Waals surface area contributed by atoms with Crippen LogP contribution in [0.1, 0.15) is 43.0 Å². The van der Waals surface area contributed by atoms with Gasteiger partial charge in [-0.25, -0.2) is 9.37 Å². The van der Waals surface area contributed by atoms with E-state index in [1.807, 2.05) is 56.3 Å². The molecule has 6 nitrogen and oxygen atoms in total. The predicted molar refractivity (Wildman–Crippen MR) is 162 cm³/mol. The van der Waals surface area contributed by atoms with Crippen molar-refractivity contribution in [1.29, 1.82) is 0 Å². The number of benzene rings is 3. The van der Waals surface area contributed by atoms with E-state index in [4.69, 9.17) is 20.7 Å². The Morgan fingerprint density at radius 2 is 1.69 bits per heavy atom. The smallest absolute Gasteiger partial charge is 0.424 e. The summed E-state index contributed by atoms with van der Waals surface area (Å²) in [5.41, 5.74) is 4.30. The van der Waals surface area contributed by atoms with Crippen LogP contribution >= 0.6 is 8.03 Å². The van der Waals surface area contributed by atoms with Crippen molar-refractivity contribution in [3.05, 3.63) is 108 Å². The molecule has 1 aromatic heterocycles. The van der Waals surface area contributed by atoms with Crippen molar-refractivity contribution >= 4 is 14.0 Å². The van der Waals surface area contributed by atoms with Gasteiger partial charge in [0.15, 0.2) is 5.75 Å². The fraction of sp³-hybridized carbons (Fsp3) is 0.235. The van der Waals surface area contributed by atoms with E-state index in [0.717, 1.165) is 16.7 Å². The Morgan fingerprint density at radius 3 is 2.33 bits per heavy atom. The number of carbonyl (C=O) groups excluding carboxylic acids is 1. The summed E-state index contributed by atoms with van der Waals surface area (Å²) in [6.07, 6.45) is 4.15. The third kappa shape index (κ3) is 7.35. The van der Waals surface area contributed by atoms with Crippen LogP contribution in [-0.4, -0.2) is 34.9 Å². The molecule has 0 saturated heterocycles. The molecule has 4 aromatic rings. The van der Waals surface area contributed by atoms with Crippen molar-refractivity contribution in [3.8, 4) is 40.5 Å². The van der Waals surface area contributed by atoms with E-state index in [2.05, 4.69) is 24.1 Å². The Morgan fingerprint density at radius 1 is 1.02 bits per heavy atom. The van der Waals surface area contributed by atoms with Crippen LogP contribution in [-0.2, 0) is 20.3 Å². The first-order valence-corrected chi connectivity index (χ1v) is 14.7. The molecular formula is C34H32FNO5P+. The minimum atomic E-state index is -2.38. The SMILES string of the molecule is C#CC(C(O)CC(=O)Oc1c(-c2ccc(F)cc2)cc(-c2ccccc2Cc2ccccc2)nc1C(C)C)[P+](=O)OC. The van der Waals surface area contributed by atoms with E-state index < -0.39 is 38.0 Å². The number of halogens is 1. The molecule has 8 heteroatoms. The first kappa shape index (κ1) is 30.7. The fourth-order valence-corrected chi connectivity index (χ4v) is 5.37. The normalized spacial score (nSPS) is 12.8. The minimum absolute atomic E-state index is 0.167. The summed E-state index contributed by atoms with van der Waals surface area (Å²) < 4.78 is 36.6. The summed E-state index contributed by atoms with van der Waals surface area (Å²) in [7, 11) is -1.17. The quantitative estimate of drug-likeness (QED) is 0.113. The van der Waals surface area contributed by atoms with Gasteiger partial charge >= 0.3 is 14.0 Å². The number of rotatable bonds is 11. The molecule has 3 unspecified atom stereocenters. The van der Waals surface area contributed by atoms with Gasteiger partial charge < -0.3 is 9.84 Å². The van der Waals surface area contributed by atoms with Crippen LogP contribution in [0.3, 0.4) is 0 Å². The van der Waals surface area contributed by atoms with Gasteiger partial charge in [0.2, 0.25) is 0 Å². The third-order valence-corrected chi connectivity index (χ3v) is 8.07. The Balaban J connectivity index is 1.80. The predicted octanol–water partition coefficient (Wildman–Crippen LogP) is 7.32. The Bertz CT molecular complexity index is 1600. The first-order chi connectivity index (χ1) is 20.2. The van der Waals surface area contributed by atoms with E-state index >= 15 is 0 Å². The molecule has 3 atom stereocenters. The number of aromatic nitrogens is 1. The molecule has 1 N–H and O–H groups in total. The number of aliphatic hydroxyl groups is 1. The average Bonchev–Trinajstić information content (AvgIpc) is 2.98. The van der Waals surface area contributed by atoms with Crippen molar-refractivity contribution in [2.75, 3.05) is 7.11 Å². The number of esters is 1. The van der Waals surface area contributed by atoms with Crippen LogP contribution in [0.25, 0.3) is 22.4 Å². The van der Waals surface area contributed by atoms with Crippen molar-refractivity contribution < 1.29 is 28.1 Å². The summed E-state index contributed by atoms with van der Waals surface area (Å²) in [6.45, 7) is 3.86. The van der Waals surface area contributed by atoms with Gasteiger partial charge in [0, 0.05) is 11.1 Å². The van der Waals surface area contributed by atoms with Crippen molar-refractivity contribution in [3.63, 3.8) is 0 Å². The molecule has 0 amide bonds. The second kappa shape index (κ2) is 14.1. The summed E-state index contributed by atoms with van der Waals surface area (Å²) in [6, 6.07) is 25.8. The number of aliphatic hydroxyl groups excluding tert-OH is 1. The Kier molecular flexibility index (Phi) is 10.3. The topological polar surface area (TPSA) is 85.7 Å². The average molecular weight is 585 g/mol. The molecule has 0 radical (unpaired) electrons. The molecule has 0 bridgehead atoms. The highest BCUT2D eigenvalue weighted by Crippen LogP contribution is 2.40. The van der Waals surface area contributed by atoms with Gasteiger partial charge in [-0.3, -0.25) is 4.79 Å². The van der Waals surface area contributed by atoms with Gasteiger partial charge in [0.25, 0.3) is 5.66 Å². The zero-order valence-corrected chi connectivity index (χ0v) is 24.6. The van der Waals surface area contributed by atoms with Crippen molar-refractivity contribution in [1.82, 2.24) is 4.98 Å². The maximum atomic E-state index is 13.9. The second-order valence-electron chi connectivity index (χ2n) is 10.1.